The molecule has 0 unspecified atom stereocenters. The van der Waals surface area contributed by atoms with Gasteiger partial charge in [-0.25, -0.2) is 4.79 Å². The highest BCUT2D eigenvalue weighted by molar-refractivity contribution is 5.92. The summed E-state index contributed by atoms with van der Waals surface area (Å²) in [4.78, 5) is 12.4. The first-order chi connectivity index (χ1) is 10.9. The molecule has 2 aromatic rings. The second-order valence-electron chi connectivity index (χ2n) is 6.94. The van der Waals surface area contributed by atoms with Gasteiger partial charge < -0.3 is 4.74 Å². The van der Waals surface area contributed by atoms with E-state index in [4.69, 9.17) is 4.74 Å². The summed E-state index contributed by atoms with van der Waals surface area (Å²) in [5.41, 5.74) is 5.51. The van der Waals surface area contributed by atoms with Gasteiger partial charge in [0.05, 0.1) is 5.56 Å². The summed E-state index contributed by atoms with van der Waals surface area (Å²) in [6, 6.07) is 13.4. The number of esters is 1. The van der Waals surface area contributed by atoms with Crippen LogP contribution in [-0.2, 0) is 5.41 Å². The highest BCUT2D eigenvalue weighted by atomic mass is 16.5. The molecule has 0 amide bonds. The Kier molecular flexibility index (Phi) is 3.85. The number of ether oxygens (including phenoxy) is 1. The lowest BCUT2D eigenvalue weighted by molar-refractivity contribution is 0.0734. The minimum absolute atomic E-state index is 0.105. The molecule has 118 valence electrons. The molecule has 0 spiro atoms. The van der Waals surface area contributed by atoms with E-state index in [2.05, 4.69) is 32.9 Å². The fourth-order valence-electron chi connectivity index (χ4n) is 2.99. The average Bonchev–Trinajstić information content (AvgIpc) is 2.53. The highest BCUT2D eigenvalue weighted by Crippen LogP contribution is 2.39. The summed E-state index contributed by atoms with van der Waals surface area (Å²) in [6.45, 7) is 8.58. The van der Waals surface area contributed by atoms with Crippen LogP contribution in [0, 0.1) is 6.92 Å². The van der Waals surface area contributed by atoms with E-state index in [1.807, 2.05) is 43.3 Å². The largest absolute Gasteiger partial charge is 0.423 e. The van der Waals surface area contributed by atoms with Crippen molar-refractivity contribution in [3.8, 4) is 5.75 Å². The first-order valence-corrected chi connectivity index (χ1v) is 7.97. The Bertz CT molecular complexity index is 780. The number of carbonyl (C=O) groups excluding carboxylic acids is 1. The summed E-state index contributed by atoms with van der Waals surface area (Å²) in [6.07, 6.45) is 3.27. The summed E-state index contributed by atoms with van der Waals surface area (Å²) in [7, 11) is 0. The first kappa shape index (κ1) is 15.5. The Morgan fingerprint density at radius 3 is 2.43 bits per heavy atom. The van der Waals surface area contributed by atoms with E-state index in [9.17, 15) is 4.79 Å². The van der Waals surface area contributed by atoms with Gasteiger partial charge in [0.15, 0.2) is 0 Å². The minimum atomic E-state index is -0.312. The van der Waals surface area contributed by atoms with Crippen LogP contribution in [0.5, 0.6) is 5.75 Å². The third-order valence-corrected chi connectivity index (χ3v) is 4.56. The molecule has 1 aliphatic carbocycles. The number of benzene rings is 2. The number of allylic oxidation sites excluding steroid dienone is 2. The zero-order chi connectivity index (χ0) is 16.6. The maximum absolute atomic E-state index is 12.4. The van der Waals surface area contributed by atoms with Gasteiger partial charge in [0, 0.05) is 0 Å². The van der Waals surface area contributed by atoms with E-state index in [0.29, 0.717) is 11.3 Å². The molecule has 1 aliphatic rings. The van der Waals surface area contributed by atoms with Gasteiger partial charge in [-0.2, -0.15) is 0 Å². The van der Waals surface area contributed by atoms with Crippen LogP contribution in [0.25, 0.3) is 5.57 Å². The smallest absolute Gasteiger partial charge is 0.343 e. The zero-order valence-electron chi connectivity index (χ0n) is 14.1. The quantitative estimate of drug-likeness (QED) is 0.556. The molecule has 2 nitrogen and oxygen atoms in total. The predicted octanol–water partition coefficient (Wildman–Crippen LogP) is 5.30. The molecule has 2 heteroatoms. The van der Waals surface area contributed by atoms with Gasteiger partial charge in [-0.15, -0.1) is 0 Å². The van der Waals surface area contributed by atoms with Crippen molar-refractivity contribution >= 4 is 11.5 Å². The second-order valence-corrected chi connectivity index (χ2v) is 6.94. The van der Waals surface area contributed by atoms with Gasteiger partial charge in [0.25, 0.3) is 0 Å². The molecule has 0 radical (unpaired) electrons. The Morgan fingerprint density at radius 2 is 1.74 bits per heavy atom. The summed E-state index contributed by atoms with van der Waals surface area (Å²) in [5, 5.41) is 0. The molecule has 0 heterocycles. The van der Waals surface area contributed by atoms with Crippen molar-refractivity contribution in [2.45, 2.75) is 39.5 Å². The van der Waals surface area contributed by atoms with Crippen molar-refractivity contribution in [3.63, 3.8) is 0 Å². The molecular formula is C21H22O2. The summed E-state index contributed by atoms with van der Waals surface area (Å²) in [5.74, 6) is 0.263. The first-order valence-electron chi connectivity index (χ1n) is 7.97. The zero-order valence-corrected chi connectivity index (χ0v) is 14.1. The number of carbonyl (C=O) groups is 1. The van der Waals surface area contributed by atoms with Crippen molar-refractivity contribution in [3.05, 3.63) is 70.8 Å². The van der Waals surface area contributed by atoms with Crippen LogP contribution in [0.15, 0.2) is 48.5 Å². The number of hydrogen-bond donors (Lipinski definition) is 0. The Morgan fingerprint density at radius 1 is 1.04 bits per heavy atom. The van der Waals surface area contributed by atoms with Gasteiger partial charge in [-0.05, 0) is 66.6 Å². The maximum Gasteiger partial charge on any atom is 0.343 e. The van der Waals surface area contributed by atoms with Crippen molar-refractivity contribution in [2.24, 2.45) is 0 Å². The van der Waals surface area contributed by atoms with E-state index in [0.717, 1.165) is 17.5 Å². The van der Waals surface area contributed by atoms with Gasteiger partial charge in [0.1, 0.15) is 5.75 Å². The molecule has 0 atom stereocenters. The maximum atomic E-state index is 12.4. The van der Waals surface area contributed by atoms with Crippen LogP contribution < -0.4 is 4.74 Å². The van der Waals surface area contributed by atoms with Crippen molar-refractivity contribution in [1.29, 1.82) is 0 Å². The molecule has 23 heavy (non-hydrogen) atoms. The van der Waals surface area contributed by atoms with E-state index < -0.39 is 0 Å². The molecule has 2 aromatic carbocycles. The topological polar surface area (TPSA) is 26.3 Å². The average molecular weight is 306 g/mol. The minimum Gasteiger partial charge on any atom is -0.423 e. The lowest BCUT2D eigenvalue weighted by Gasteiger charge is -2.31. The van der Waals surface area contributed by atoms with Crippen molar-refractivity contribution < 1.29 is 9.53 Å². The molecule has 0 aromatic heterocycles. The summed E-state index contributed by atoms with van der Waals surface area (Å²) >= 11 is 0. The van der Waals surface area contributed by atoms with Gasteiger partial charge >= 0.3 is 5.97 Å². The highest BCUT2D eigenvalue weighted by Gasteiger charge is 2.27. The van der Waals surface area contributed by atoms with Crippen LogP contribution in [0.2, 0.25) is 0 Å². The van der Waals surface area contributed by atoms with E-state index >= 15 is 0 Å². The number of hydrogen-bond acceptors (Lipinski definition) is 2. The normalized spacial score (nSPS) is 15.6. The van der Waals surface area contributed by atoms with E-state index in [1.54, 1.807) is 0 Å². The van der Waals surface area contributed by atoms with Crippen LogP contribution >= 0.6 is 0 Å². The van der Waals surface area contributed by atoms with Crippen molar-refractivity contribution in [2.75, 3.05) is 0 Å². The van der Waals surface area contributed by atoms with E-state index in [1.165, 1.54) is 11.1 Å². The van der Waals surface area contributed by atoms with Gasteiger partial charge in [-0.1, -0.05) is 43.7 Å². The molecule has 0 N–H and O–H groups in total. The number of aryl methyl sites for hydroxylation is 1. The van der Waals surface area contributed by atoms with Crippen LogP contribution in [-0.4, -0.2) is 5.97 Å². The fourth-order valence-corrected chi connectivity index (χ4v) is 2.99. The lowest BCUT2D eigenvalue weighted by Crippen LogP contribution is -2.22. The van der Waals surface area contributed by atoms with Crippen LogP contribution in [0.3, 0.4) is 0 Å². The summed E-state index contributed by atoms with van der Waals surface area (Å²) < 4.78 is 5.48. The van der Waals surface area contributed by atoms with Crippen molar-refractivity contribution in [1.82, 2.24) is 0 Å². The molecule has 0 fully saturated rings. The predicted molar refractivity (Wildman–Crippen MR) is 93.9 cm³/mol. The molecule has 0 saturated heterocycles. The molecular weight excluding hydrogens is 284 g/mol. The van der Waals surface area contributed by atoms with Crippen LogP contribution in [0.1, 0.15) is 54.2 Å². The lowest BCUT2D eigenvalue weighted by atomic mass is 9.73. The monoisotopic (exact) mass is 306 g/mol. The second kappa shape index (κ2) is 5.69. The molecule has 0 bridgehead atoms. The van der Waals surface area contributed by atoms with E-state index in [-0.39, 0.29) is 11.4 Å². The van der Waals surface area contributed by atoms with Gasteiger partial charge in [-0.3, -0.25) is 0 Å². The Labute approximate surface area is 137 Å². The Balaban J connectivity index is 1.90. The number of rotatable bonds is 2. The third kappa shape index (κ3) is 3.07. The fraction of sp³-hybridized carbons (Fsp3) is 0.286. The molecule has 0 saturated carbocycles. The number of fused-ring (bicyclic) bond motifs is 1. The van der Waals surface area contributed by atoms with Crippen LogP contribution in [0.4, 0.5) is 0 Å². The third-order valence-electron chi connectivity index (χ3n) is 4.56. The molecule has 3 rings (SSSR count). The standard InChI is InChI=1S/C21H22O2/c1-14-5-8-17(9-6-14)23-20(22)16-7-10-19-18(13-16)15(2)11-12-21(19,3)4/h5-11,13H,12H2,1-4H3. The van der Waals surface area contributed by atoms with Gasteiger partial charge in [0.2, 0.25) is 0 Å². The Hall–Kier alpha value is -2.35. The SMILES string of the molecule is CC1=CCC(C)(C)c2ccc(C(=O)Oc3ccc(C)cc3)cc21. The molecule has 0 aliphatic heterocycles.